The van der Waals surface area contributed by atoms with E-state index in [1.54, 1.807) is 0 Å². The molecule has 1 aromatic heterocycles. The quantitative estimate of drug-likeness (QED) is 0.845. The molecule has 2 atom stereocenters. The minimum Gasteiger partial charge on any atom is -0.307 e. The molecule has 1 fully saturated rings. The van der Waals surface area contributed by atoms with Crippen LogP contribution < -0.4 is 5.32 Å². The summed E-state index contributed by atoms with van der Waals surface area (Å²) in [5.74, 6) is 0. The molecule has 0 aromatic carbocycles. The monoisotopic (exact) mass is 253 g/mol. The lowest BCUT2D eigenvalue weighted by Crippen LogP contribution is -2.34. The van der Waals surface area contributed by atoms with Crippen LogP contribution in [0.1, 0.15) is 38.3 Å². The molecule has 0 saturated heterocycles. The summed E-state index contributed by atoms with van der Waals surface area (Å²) in [6.07, 6.45) is 9.35. The van der Waals surface area contributed by atoms with Crippen LogP contribution in [-0.4, -0.2) is 27.3 Å². The van der Waals surface area contributed by atoms with Crippen molar-refractivity contribution in [3.05, 3.63) is 18.0 Å². The van der Waals surface area contributed by atoms with E-state index in [1.165, 1.54) is 25.0 Å². The molecule has 0 aliphatic heterocycles. The topological polar surface area (TPSA) is 29.9 Å². The summed E-state index contributed by atoms with van der Waals surface area (Å²) < 4.78 is 2.12. The Kier molecular flexibility index (Phi) is 4.92. The first-order valence-corrected chi connectivity index (χ1v) is 7.90. The van der Waals surface area contributed by atoms with Crippen molar-refractivity contribution in [2.45, 2.75) is 57.0 Å². The van der Waals surface area contributed by atoms with Crippen molar-refractivity contribution in [1.82, 2.24) is 15.1 Å². The lowest BCUT2D eigenvalue weighted by molar-refractivity contribution is 0.496. The van der Waals surface area contributed by atoms with E-state index < -0.39 is 0 Å². The van der Waals surface area contributed by atoms with Gasteiger partial charge in [0.05, 0.1) is 5.69 Å². The van der Waals surface area contributed by atoms with Gasteiger partial charge in [-0.1, -0.05) is 13.3 Å². The molecule has 4 heteroatoms. The molecule has 0 bridgehead atoms. The summed E-state index contributed by atoms with van der Waals surface area (Å²) in [7, 11) is 0. The molecule has 0 spiro atoms. The molecular weight excluding hydrogens is 230 g/mol. The van der Waals surface area contributed by atoms with Crippen LogP contribution in [0.5, 0.6) is 0 Å². The normalized spacial score (nSPS) is 24.4. The second-order valence-electron chi connectivity index (χ2n) is 4.74. The van der Waals surface area contributed by atoms with E-state index in [1.807, 2.05) is 18.0 Å². The predicted octanol–water partition coefficient (Wildman–Crippen LogP) is 2.67. The molecule has 17 heavy (non-hydrogen) atoms. The van der Waals surface area contributed by atoms with Gasteiger partial charge in [-0.25, -0.2) is 0 Å². The standard InChI is InChI=1S/C13H23N3S/c1-3-9-16-11(7-8-15-16)10-14-12-5-4-6-13(12)17-2/h7-8,12-14H,3-6,9-10H2,1-2H3. The molecule has 1 aliphatic rings. The summed E-state index contributed by atoms with van der Waals surface area (Å²) in [6.45, 7) is 4.18. The van der Waals surface area contributed by atoms with E-state index >= 15 is 0 Å². The molecule has 1 aliphatic carbocycles. The molecule has 3 nitrogen and oxygen atoms in total. The number of nitrogens with zero attached hydrogens (tertiary/aromatic N) is 2. The van der Waals surface area contributed by atoms with Gasteiger partial charge in [0, 0.05) is 30.6 Å². The van der Waals surface area contributed by atoms with Crippen LogP contribution in [0.3, 0.4) is 0 Å². The number of rotatable bonds is 6. The van der Waals surface area contributed by atoms with Crippen molar-refractivity contribution >= 4 is 11.8 Å². The maximum atomic E-state index is 4.36. The predicted molar refractivity (Wildman–Crippen MR) is 74.3 cm³/mol. The largest absolute Gasteiger partial charge is 0.307 e. The van der Waals surface area contributed by atoms with Crippen molar-refractivity contribution in [3.8, 4) is 0 Å². The average Bonchev–Trinajstić information content (AvgIpc) is 2.95. The number of nitrogens with one attached hydrogen (secondary N) is 1. The van der Waals surface area contributed by atoms with Crippen LogP contribution in [0.25, 0.3) is 0 Å². The first kappa shape index (κ1) is 13.0. The van der Waals surface area contributed by atoms with Gasteiger partial charge in [0.25, 0.3) is 0 Å². The van der Waals surface area contributed by atoms with Crippen LogP contribution >= 0.6 is 11.8 Å². The Morgan fingerprint density at radius 2 is 2.41 bits per heavy atom. The number of thioether (sulfide) groups is 1. The molecule has 96 valence electrons. The third-order valence-corrected chi connectivity index (χ3v) is 4.71. The van der Waals surface area contributed by atoms with Crippen LogP contribution in [0.4, 0.5) is 0 Å². The lowest BCUT2D eigenvalue weighted by atomic mass is 10.2. The number of aromatic nitrogens is 2. The molecule has 1 N–H and O–H groups in total. The van der Waals surface area contributed by atoms with E-state index in [2.05, 4.69) is 34.3 Å². The molecule has 2 unspecified atom stereocenters. The van der Waals surface area contributed by atoms with Crippen LogP contribution in [-0.2, 0) is 13.1 Å². The Morgan fingerprint density at radius 1 is 1.53 bits per heavy atom. The molecule has 1 aromatic rings. The number of hydrogen-bond donors (Lipinski definition) is 1. The van der Waals surface area contributed by atoms with E-state index in [9.17, 15) is 0 Å². The second-order valence-corrected chi connectivity index (χ2v) is 5.82. The highest BCUT2D eigenvalue weighted by molar-refractivity contribution is 7.99. The fourth-order valence-electron chi connectivity index (χ4n) is 2.60. The Hall–Kier alpha value is -0.480. The molecule has 1 saturated carbocycles. The van der Waals surface area contributed by atoms with Gasteiger partial charge in [-0.2, -0.15) is 16.9 Å². The highest BCUT2D eigenvalue weighted by Gasteiger charge is 2.25. The first-order chi connectivity index (χ1) is 8.35. The third kappa shape index (κ3) is 3.26. The molecule has 0 radical (unpaired) electrons. The van der Waals surface area contributed by atoms with Gasteiger partial charge in [-0.15, -0.1) is 0 Å². The van der Waals surface area contributed by atoms with Crippen LogP contribution in [0, 0.1) is 0 Å². The van der Waals surface area contributed by atoms with E-state index in [0.717, 1.165) is 24.8 Å². The molecule has 1 heterocycles. The summed E-state index contributed by atoms with van der Waals surface area (Å²) in [5, 5.41) is 8.87. The zero-order chi connectivity index (χ0) is 12.1. The van der Waals surface area contributed by atoms with E-state index in [0.29, 0.717) is 6.04 Å². The maximum Gasteiger partial charge on any atom is 0.0522 e. The maximum absolute atomic E-state index is 4.36. The van der Waals surface area contributed by atoms with Crippen molar-refractivity contribution in [2.75, 3.05) is 6.26 Å². The zero-order valence-corrected chi connectivity index (χ0v) is 11.7. The van der Waals surface area contributed by atoms with E-state index in [4.69, 9.17) is 0 Å². The number of hydrogen-bond acceptors (Lipinski definition) is 3. The van der Waals surface area contributed by atoms with Crippen molar-refractivity contribution in [1.29, 1.82) is 0 Å². The lowest BCUT2D eigenvalue weighted by Gasteiger charge is -2.19. The average molecular weight is 253 g/mol. The Bertz CT molecular complexity index is 337. The number of aryl methyl sites for hydroxylation is 1. The van der Waals surface area contributed by atoms with Gasteiger partial charge in [0.2, 0.25) is 0 Å². The van der Waals surface area contributed by atoms with Gasteiger partial charge in [-0.3, -0.25) is 4.68 Å². The zero-order valence-electron chi connectivity index (χ0n) is 10.9. The van der Waals surface area contributed by atoms with Gasteiger partial charge in [0.15, 0.2) is 0 Å². The molecule has 0 amide bonds. The van der Waals surface area contributed by atoms with Gasteiger partial charge >= 0.3 is 0 Å². The molecule has 2 rings (SSSR count). The summed E-state index contributed by atoms with van der Waals surface area (Å²) in [6, 6.07) is 2.82. The van der Waals surface area contributed by atoms with Gasteiger partial charge in [-0.05, 0) is 31.6 Å². The van der Waals surface area contributed by atoms with Gasteiger partial charge in [0.1, 0.15) is 0 Å². The van der Waals surface area contributed by atoms with Crippen molar-refractivity contribution < 1.29 is 0 Å². The Morgan fingerprint density at radius 3 is 3.18 bits per heavy atom. The minimum absolute atomic E-state index is 0.690. The molecular formula is C13H23N3S. The highest BCUT2D eigenvalue weighted by Crippen LogP contribution is 2.28. The fourth-order valence-corrected chi connectivity index (χ4v) is 3.56. The first-order valence-electron chi connectivity index (χ1n) is 6.62. The fraction of sp³-hybridized carbons (Fsp3) is 0.769. The Labute approximate surface area is 108 Å². The van der Waals surface area contributed by atoms with Crippen molar-refractivity contribution in [3.63, 3.8) is 0 Å². The van der Waals surface area contributed by atoms with Crippen LogP contribution in [0.2, 0.25) is 0 Å². The highest BCUT2D eigenvalue weighted by atomic mass is 32.2. The SMILES string of the molecule is CCCn1nccc1CNC1CCCC1SC. The third-order valence-electron chi connectivity index (χ3n) is 3.54. The summed E-state index contributed by atoms with van der Waals surface area (Å²) in [5.41, 5.74) is 1.32. The van der Waals surface area contributed by atoms with Gasteiger partial charge < -0.3 is 5.32 Å². The van der Waals surface area contributed by atoms with E-state index in [-0.39, 0.29) is 0 Å². The Balaban J connectivity index is 1.86. The van der Waals surface area contributed by atoms with Crippen molar-refractivity contribution in [2.24, 2.45) is 0 Å². The summed E-state index contributed by atoms with van der Waals surface area (Å²) in [4.78, 5) is 0. The minimum atomic E-state index is 0.690. The second kappa shape index (κ2) is 6.45. The summed E-state index contributed by atoms with van der Waals surface area (Å²) >= 11 is 2.01. The van der Waals surface area contributed by atoms with Crippen LogP contribution in [0.15, 0.2) is 12.3 Å². The smallest absolute Gasteiger partial charge is 0.0522 e.